The number of benzene rings is 1. The smallest absolute Gasteiger partial charge is 0.228 e. The van der Waals surface area contributed by atoms with E-state index in [-0.39, 0.29) is 17.8 Å². The molecule has 2 aromatic rings. The number of nitrogens with one attached hydrogen (secondary N) is 1. The van der Waals surface area contributed by atoms with Crippen molar-refractivity contribution >= 4 is 11.9 Å². The minimum absolute atomic E-state index is 0.0359. The molecule has 3 N–H and O–H groups in total. The topological polar surface area (TPSA) is 76.7 Å². The third-order valence-electron chi connectivity index (χ3n) is 4.14. The van der Waals surface area contributed by atoms with E-state index in [1.807, 2.05) is 6.07 Å². The maximum Gasteiger partial charge on any atom is 0.228 e. The first kappa shape index (κ1) is 14.7. The van der Waals surface area contributed by atoms with Gasteiger partial charge in [-0.2, -0.15) is 15.0 Å². The van der Waals surface area contributed by atoms with Crippen molar-refractivity contribution in [3.8, 4) is 0 Å². The lowest BCUT2D eigenvalue weighted by atomic mass is 9.81. The van der Waals surface area contributed by atoms with E-state index in [2.05, 4.69) is 45.4 Å². The van der Waals surface area contributed by atoms with Crippen LogP contribution in [0.4, 0.5) is 16.3 Å². The Morgan fingerprint density at radius 2 is 2.05 bits per heavy atom. The minimum Gasteiger partial charge on any atom is -0.368 e. The van der Waals surface area contributed by atoms with Gasteiger partial charge in [-0.1, -0.05) is 31.2 Å². The summed E-state index contributed by atoms with van der Waals surface area (Å²) in [5.74, 6) is 0.861. The molecule has 0 saturated heterocycles. The van der Waals surface area contributed by atoms with Crippen LogP contribution < -0.4 is 11.1 Å². The van der Waals surface area contributed by atoms with Crippen molar-refractivity contribution in [1.29, 1.82) is 0 Å². The summed E-state index contributed by atoms with van der Waals surface area (Å²) in [6.07, 6.45) is 0.880. The summed E-state index contributed by atoms with van der Waals surface area (Å²) < 4.78 is 13.5. The Labute approximate surface area is 129 Å². The first-order chi connectivity index (χ1) is 10.5. The van der Waals surface area contributed by atoms with Gasteiger partial charge in [0.05, 0.1) is 6.04 Å². The lowest BCUT2D eigenvalue weighted by Crippen LogP contribution is -2.26. The van der Waals surface area contributed by atoms with Gasteiger partial charge >= 0.3 is 0 Å². The number of alkyl halides is 1. The molecule has 3 rings (SSSR count). The first-order valence-corrected chi connectivity index (χ1v) is 7.54. The molecule has 1 heterocycles. The van der Waals surface area contributed by atoms with Crippen molar-refractivity contribution < 1.29 is 4.39 Å². The molecule has 116 valence electrons. The van der Waals surface area contributed by atoms with Crippen molar-refractivity contribution in [2.24, 2.45) is 5.92 Å². The molecule has 0 radical (unpaired) electrons. The predicted octanol–water partition coefficient (Wildman–Crippen LogP) is 3.22. The molecule has 0 fully saturated rings. The first-order valence-electron chi connectivity index (χ1n) is 7.54. The van der Waals surface area contributed by atoms with Crippen LogP contribution in [0.25, 0.3) is 0 Å². The van der Waals surface area contributed by atoms with Crippen molar-refractivity contribution in [3.05, 3.63) is 41.2 Å². The van der Waals surface area contributed by atoms with E-state index in [9.17, 15) is 4.39 Å². The number of nitrogens with zero attached hydrogens (tertiary/aromatic N) is 3. The molecule has 0 unspecified atom stereocenters. The molecule has 1 aliphatic rings. The lowest BCUT2D eigenvalue weighted by molar-refractivity contribution is 0.356. The Bertz CT molecular complexity index is 673. The molecule has 0 saturated carbocycles. The van der Waals surface area contributed by atoms with Crippen LogP contribution in [0.3, 0.4) is 0 Å². The van der Waals surface area contributed by atoms with Gasteiger partial charge in [-0.25, -0.2) is 4.39 Å². The normalized spacial score (nSPS) is 22.0. The van der Waals surface area contributed by atoms with Crippen LogP contribution in [0.5, 0.6) is 0 Å². The van der Waals surface area contributed by atoms with Crippen molar-refractivity contribution in [2.75, 3.05) is 11.1 Å². The maximum atomic E-state index is 13.5. The molecule has 0 bridgehead atoms. The largest absolute Gasteiger partial charge is 0.368 e. The molecule has 22 heavy (non-hydrogen) atoms. The zero-order valence-electron chi connectivity index (χ0n) is 12.8. The molecule has 5 nitrogen and oxygen atoms in total. The summed E-state index contributed by atoms with van der Waals surface area (Å²) in [6, 6.07) is 8.44. The van der Waals surface area contributed by atoms with Crippen LogP contribution in [0, 0.1) is 5.92 Å². The van der Waals surface area contributed by atoms with E-state index in [4.69, 9.17) is 5.73 Å². The molecular formula is C16H20FN5. The van der Waals surface area contributed by atoms with Crippen molar-refractivity contribution in [3.63, 3.8) is 0 Å². The number of rotatable bonds is 3. The maximum absolute atomic E-state index is 13.5. The zero-order chi connectivity index (χ0) is 15.7. The number of anilines is 2. The van der Waals surface area contributed by atoms with E-state index in [0.717, 1.165) is 12.8 Å². The van der Waals surface area contributed by atoms with Gasteiger partial charge in [0, 0.05) is 0 Å². The number of nitrogens with two attached hydrogens (primary N) is 1. The van der Waals surface area contributed by atoms with Crippen molar-refractivity contribution in [2.45, 2.75) is 38.9 Å². The fourth-order valence-electron chi connectivity index (χ4n) is 2.93. The van der Waals surface area contributed by atoms with E-state index in [1.54, 1.807) is 0 Å². The number of nitrogen functional groups attached to an aromatic ring is 1. The molecule has 0 spiro atoms. The third kappa shape index (κ3) is 2.86. The highest BCUT2D eigenvalue weighted by Gasteiger charge is 2.27. The van der Waals surface area contributed by atoms with E-state index < -0.39 is 6.17 Å². The van der Waals surface area contributed by atoms with Crippen LogP contribution in [-0.4, -0.2) is 15.0 Å². The highest BCUT2D eigenvalue weighted by molar-refractivity contribution is 5.40. The minimum atomic E-state index is -1.28. The van der Waals surface area contributed by atoms with Gasteiger partial charge in [0.15, 0.2) is 12.0 Å². The number of fused-ring (bicyclic) bond motifs is 1. The van der Waals surface area contributed by atoms with Gasteiger partial charge in [0.25, 0.3) is 0 Å². The Morgan fingerprint density at radius 1 is 1.27 bits per heavy atom. The molecule has 0 amide bonds. The lowest BCUT2D eigenvalue weighted by Gasteiger charge is -2.32. The second kappa shape index (κ2) is 5.87. The second-order valence-corrected chi connectivity index (χ2v) is 5.83. The van der Waals surface area contributed by atoms with Gasteiger partial charge in [-0.3, -0.25) is 0 Å². The van der Waals surface area contributed by atoms with Crippen LogP contribution in [-0.2, 0) is 6.42 Å². The average Bonchev–Trinajstić information content (AvgIpc) is 2.49. The summed E-state index contributed by atoms with van der Waals surface area (Å²) in [6.45, 7) is 3.58. The number of hydrogen-bond acceptors (Lipinski definition) is 5. The van der Waals surface area contributed by atoms with Gasteiger partial charge in [0.1, 0.15) is 0 Å². The van der Waals surface area contributed by atoms with Gasteiger partial charge in [-0.15, -0.1) is 0 Å². The molecule has 1 aromatic heterocycles. The fourth-order valence-corrected chi connectivity index (χ4v) is 2.93. The molecule has 0 aliphatic heterocycles. The summed E-state index contributed by atoms with van der Waals surface area (Å²) in [5.41, 5.74) is 8.24. The molecular weight excluding hydrogens is 281 g/mol. The summed E-state index contributed by atoms with van der Waals surface area (Å²) in [7, 11) is 0. The van der Waals surface area contributed by atoms with Crippen LogP contribution in [0.2, 0.25) is 0 Å². The average molecular weight is 301 g/mol. The predicted molar refractivity (Wildman–Crippen MR) is 84.1 cm³/mol. The summed E-state index contributed by atoms with van der Waals surface area (Å²) >= 11 is 0. The Kier molecular flexibility index (Phi) is 3.92. The Hall–Kier alpha value is -2.24. The Balaban J connectivity index is 1.93. The third-order valence-corrected chi connectivity index (χ3v) is 4.14. The van der Waals surface area contributed by atoms with Crippen LogP contribution in [0.1, 0.15) is 49.4 Å². The standard InChI is InChI=1S/C16H20FN5/c1-9-7-8-11-5-3-4-6-12(11)13(9)19-16-21-14(10(2)17)20-15(18)22-16/h3-6,9-10,13H,7-8H2,1-2H3,(H3,18,19,20,21,22)/t9-,10+,13+/m0/s1. The number of aryl methyl sites for hydroxylation is 1. The second-order valence-electron chi connectivity index (χ2n) is 5.83. The monoisotopic (exact) mass is 301 g/mol. The quantitative estimate of drug-likeness (QED) is 0.910. The van der Waals surface area contributed by atoms with Crippen LogP contribution in [0.15, 0.2) is 24.3 Å². The summed E-state index contributed by atoms with van der Waals surface area (Å²) in [4.78, 5) is 12.1. The number of halogens is 1. The SMILES string of the molecule is C[C@@H](F)c1nc(N)nc(N[C@H]2c3ccccc3CC[C@@H]2C)n1. The van der Waals surface area contributed by atoms with E-state index in [1.165, 1.54) is 18.1 Å². The molecule has 3 atom stereocenters. The van der Waals surface area contributed by atoms with Gasteiger partial charge in [0.2, 0.25) is 11.9 Å². The van der Waals surface area contributed by atoms with Gasteiger partial charge < -0.3 is 11.1 Å². The molecule has 1 aromatic carbocycles. The zero-order valence-corrected chi connectivity index (χ0v) is 12.8. The van der Waals surface area contributed by atoms with E-state index >= 15 is 0 Å². The number of hydrogen-bond donors (Lipinski definition) is 2. The van der Waals surface area contributed by atoms with Gasteiger partial charge in [-0.05, 0) is 36.8 Å². The fraction of sp³-hybridized carbons (Fsp3) is 0.438. The molecule has 6 heteroatoms. The highest BCUT2D eigenvalue weighted by Crippen LogP contribution is 2.36. The van der Waals surface area contributed by atoms with Crippen molar-refractivity contribution in [1.82, 2.24) is 15.0 Å². The van der Waals surface area contributed by atoms with Crippen LogP contribution >= 0.6 is 0 Å². The highest BCUT2D eigenvalue weighted by atomic mass is 19.1. The molecule has 1 aliphatic carbocycles. The number of aromatic nitrogens is 3. The summed E-state index contributed by atoms with van der Waals surface area (Å²) in [5, 5.41) is 3.31. The van der Waals surface area contributed by atoms with E-state index in [0.29, 0.717) is 11.9 Å². The Morgan fingerprint density at radius 3 is 2.82 bits per heavy atom.